The van der Waals surface area contributed by atoms with E-state index in [1.165, 1.54) is 31.5 Å². The summed E-state index contributed by atoms with van der Waals surface area (Å²) < 4.78 is 44.1. The lowest BCUT2D eigenvalue weighted by molar-refractivity contribution is -0.137. The average Bonchev–Trinajstić information content (AvgIpc) is 2.62. The Labute approximate surface area is 144 Å². The van der Waals surface area contributed by atoms with Crippen molar-refractivity contribution in [2.75, 3.05) is 26.2 Å². The summed E-state index contributed by atoms with van der Waals surface area (Å²) in [5.41, 5.74) is 0.100. The lowest BCUT2D eigenvalue weighted by Gasteiger charge is -2.25. The van der Waals surface area contributed by atoms with Gasteiger partial charge in [0.05, 0.1) is 11.3 Å². The smallest absolute Gasteiger partial charge is 0.416 e. The molecule has 0 spiro atoms. The van der Waals surface area contributed by atoms with Crippen molar-refractivity contribution in [2.45, 2.75) is 25.4 Å². The molecule has 0 aliphatic carbocycles. The number of benzene rings is 1. The summed E-state index contributed by atoms with van der Waals surface area (Å²) in [6.45, 7) is 3.42. The third-order valence-corrected chi connectivity index (χ3v) is 4.21. The zero-order valence-corrected chi connectivity index (χ0v) is 13.8. The van der Waals surface area contributed by atoms with Gasteiger partial charge in [0.2, 0.25) is 0 Å². The summed E-state index contributed by atoms with van der Waals surface area (Å²) in [7, 11) is 0. The van der Waals surface area contributed by atoms with Gasteiger partial charge >= 0.3 is 12.2 Å². The number of alkyl halides is 3. The van der Waals surface area contributed by atoms with Crippen molar-refractivity contribution in [2.24, 2.45) is 0 Å². The molecular weight excluding hydrogens is 331 g/mol. The van der Waals surface area contributed by atoms with Crippen LogP contribution in [-0.4, -0.2) is 41.1 Å². The number of hydrogen-bond donors (Lipinski definition) is 0. The Hall–Kier alpha value is -2.15. The summed E-state index contributed by atoms with van der Waals surface area (Å²) in [6.07, 6.45) is 0.818. The largest absolute Gasteiger partial charge is 0.462 e. The Bertz CT molecular complexity index is 700. The van der Waals surface area contributed by atoms with Crippen LogP contribution in [0.3, 0.4) is 0 Å². The molecule has 0 radical (unpaired) electrons. The van der Waals surface area contributed by atoms with Gasteiger partial charge in [-0.15, -0.1) is 0 Å². The molecule has 4 nitrogen and oxygen atoms in total. The fraction of sp³-hybridized carbons (Fsp3) is 0.444. The zero-order valence-electron chi connectivity index (χ0n) is 13.8. The molecule has 1 aliphatic rings. The summed E-state index contributed by atoms with van der Waals surface area (Å²) >= 11 is 0. The molecule has 1 saturated heterocycles. The molecule has 0 amide bonds. The SMILES string of the molecule is FC(F)(F)c1cccc(-c2ccnc(OCCN3CCCCC3)n2)c1. The highest BCUT2D eigenvalue weighted by molar-refractivity contribution is 5.60. The van der Waals surface area contributed by atoms with Gasteiger partial charge in [-0.25, -0.2) is 4.98 Å². The maximum absolute atomic E-state index is 12.8. The molecule has 1 aromatic heterocycles. The van der Waals surface area contributed by atoms with Gasteiger partial charge in [-0.2, -0.15) is 18.2 Å². The molecule has 2 heterocycles. The number of nitrogens with zero attached hydrogens (tertiary/aromatic N) is 3. The minimum atomic E-state index is -4.38. The second-order valence-electron chi connectivity index (χ2n) is 6.05. The van der Waals surface area contributed by atoms with Gasteiger partial charge in [0, 0.05) is 18.3 Å². The Balaban J connectivity index is 1.65. The first-order valence-electron chi connectivity index (χ1n) is 8.38. The predicted octanol–water partition coefficient (Wildman–Crippen LogP) is 4.03. The molecular formula is C18H20F3N3O. The number of likely N-dealkylation sites (tertiary alicyclic amines) is 1. The van der Waals surface area contributed by atoms with E-state index in [-0.39, 0.29) is 6.01 Å². The highest BCUT2D eigenvalue weighted by Crippen LogP contribution is 2.31. The van der Waals surface area contributed by atoms with Crippen LogP contribution < -0.4 is 4.74 Å². The van der Waals surface area contributed by atoms with E-state index in [0.717, 1.165) is 31.8 Å². The van der Waals surface area contributed by atoms with E-state index in [1.807, 2.05) is 0 Å². The third kappa shape index (κ3) is 4.92. The number of aromatic nitrogens is 2. The molecule has 0 N–H and O–H groups in total. The molecule has 0 bridgehead atoms. The van der Waals surface area contributed by atoms with E-state index in [2.05, 4.69) is 14.9 Å². The lowest BCUT2D eigenvalue weighted by Crippen LogP contribution is -2.33. The van der Waals surface area contributed by atoms with E-state index < -0.39 is 11.7 Å². The van der Waals surface area contributed by atoms with Crippen molar-refractivity contribution in [3.8, 4) is 17.3 Å². The van der Waals surface area contributed by atoms with Crippen molar-refractivity contribution in [1.29, 1.82) is 0 Å². The molecule has 1 fully saturated rings. The number of halogens is 3. The summed E-state index contributed by atoms with van der Waals surface area (Å²) in [5.74, 6) is 0. The van der Waals surface area contributed by atoms with Gasteiger partial charge in [-0.3, -0.25) is 4.90 Å². The Morgan fingerprint density at radius 2 is 1.88 bits per heavy atom. The Morgan fingerprint density at radius 3 is 2.64 bits per heavy atom. The fourth-order valence-electron chi connectivity index (χ4n) is 2.88. The second-order valence-corrected chi connectivity index (χ2v) is 6.05. The molecule has 25 heavy (non-hydrogen) atoms. The van der Waals surface area contributed by atoms with E-state index >= 15 is 0 Å². The molecule has 7 heteroatoms. The molecule has 3 rings (SSSR count). The van der Waals surface area contributed by atoms with Gasteiger partial charge in [0.1, 0.15) is 6.61 Å². The maximum Gasteiger partial charge on any atom is 0.416 e. The summed E-state index contributed by atoms with van der Waals surface area (Å²) in [5, 5.41) is 0. The first-order valence-corrected chi connectivity index (χ1v) is 8.38. The molecule has 1 aromatic carbocycles. The van der Waals surface area contributed by atoms with Crippen molar-refractivity contribution >= 4 is 0 Å². The Kier molecular flexibility index (Phi) is 5.53. The topological polar surface area (TPSA) is 38.2 Å². The molecule has 2 aromatic rings. The van der Waals surface area contributed by atoms with Crippen LogP contribution in [0.25, 0.3) is 11.3 Å². The highest BCUT2D eigenvalue weighted by atomic mass is 19.4. The Morgan fingerprint density at radius 1 is 1.08 bits per heavy atom. The van der Waals surface area contributed by atoms with E-state index in [0.29, 0.717) is 17.9 Å². The number of hydrogen-bond acceptors (Lipinski definition) is 4. The molecule has 1 aliphatic heterocycles. The van der Waals surface area contributed by atoms with Gasteiger partial charge < -0.3 is 4.74 Å². The van der Waals surface area contributed by atoms with Crippen LogP contribution >= 0.6 is 0 Å². The molecule has 134 valence electrons. The molecule has 0 unspecified atom stereocenters. The number of ether oxygens (including phenoxy) is 1. The monoisotopic (exact) mass is 351 g/mol. The summed E-state index contributed by atoms with van der Waals surface area (Å²) in [4.78, 5) is 10.6. The van der Waals surface area contributed by atoms with Crippen molar-refractivity contribution < 1.29 is 17.9 Å². The number of piperidine rings is 1. The van der Waals surface area contributed by atoms with Crippen molar-refractivity contribution in [3.05, 3.63) is 42.1 Å². The maximum atomic E-state index is 12.8. The third-order valence-electron chi connectivity index (χ3n) is 4.21. The standard InChI is InChI=1S/C18H20F3N3O/c19-18(20,21)15-6-4-5-14(13-15)16-7-8-22-17(23-16)25-12-11-24-9-2-1-3-10-24/h4-8,13H,1-3,9-12H2. The minimum absolute atomic E-state index is 0.187. The predicted molar refractivity (Wildman–Crippen MR) is 88.3 cm³/mol. The first-order chi connectivity index (χ1) is 12.0. The lowest BCUT2D eigenvalue weighted by atomic mass is 10.1. The van der Waals surface area contributed by atoms with Crippen LogP contribution in [0.4, 0.5) is 13.2 Å². The normalized spacial score (nSPS) is 16.0. The molecule has 0 saturated carbocycles. The van der Waals surface area contributed by atoms with Crippen LogP contribution in [-0.2, 0) is 6.18 Å². The quantitative estimate of drug-likeness (QED) is 0.815. The average molecular weight is 351 g/mol. The van der Waals surface area contributed by atoms with Crippen molar-refractivity contribution in [3.63, 3.8) is 0 Å². The van der Waals surface area contributed by atoms with E-state index in [4.69, 9.17) is 4.74 Å². The van der Waals surface area contributed by atoms with Gasteiger partial charge in [0.25, 0.3) is 0 Å². The number of rotatable bonds is 5. The van der Waals surface area contributed by atoms with Gasteiger partial charge in [-0.1, -0.05) is 18.6 Å². The van der Waals surface area contributed by atoms with E-state index in [1.54, 1.807) is 12.1 Å². The van der Waals surface area contributed by atoms with Crippen LogP contribution in [0.5, 0.6) is 6.01 Å². The molecule has 0 atom stereocenters. The van der Waals surface area contributed by atoms with Gasteiger partial charge in [-0.05, 0) is 44.1 Å². The summed E-state index contributed by atoms with van der Waals surface area (Å²) in [6, 6.07) is 6.85. The van der Waals surface area contributed by atoms with Crippen LogP contribution in [0.15, 0.2) is 36.5 Å². The van der Waals surface area contributed by atoms with Crippen LogP contribution in [0, 0.1) is 0 Å². The van der Waals surface area contributed by atoms with E-state index in [9.17, 15) is 13.2 Å². The highest BCUT2D eigenvalue weighted by Gasteiger charge is 2.30. The first kappa shape index (κ1) is 17.7. The van der Waals surface area contributed by atoms with Crippen LogP contribution in [0.1, 0.15) is 24.8 Å². The zero-order chi connectivity index (χ0) is 17.7. The fourth-order valence-corrected chi connectivity index (χ4v) is 2.88. The van der Waals surface area contributed by atoms with Crippen molar-refractivity contribution in [1.82, 2.24) is 14.9 Å². The minimum Gasteiger partial charge on any atom is -0.462 e. The second kappa shape index (κ2) is 7.82. The van der Waals surface area contributed by atoms with Gasteiger partial charge in [0.15, 0.2) is 0 Å². The van der Waals surface area contributed by atoms with Crippen LogP contribution in [0.2, 0.25) is 0 Å².